The number of imidazole rings is 1. The Morgan fingerprint density at radius 2 is 2.08 bits per heavy atom. The zero-order chi connectivity index (χ0) is 16.9. The van der Waals surface area contributed by atoms with Crippen LogP contribution in [0.15, 0.2) is 48.1 Å². The summed E-state index contributed by atoms with van der Waals surface area (Å²) < 4.78 is 6.96. The first-order valence-corrected chi connectivity index (χ1v) is 8.54. The minimum Gasteiger partial charge on any atom is -0.383 e. The quantitative estimate of drug-likeness (QED) is 0.700. The second kappa shape index (κ2) is 7.42. The lowest BCUT2D eigenvalue weighted by Crippen LogP contribution is -2.26. The highest BCUT2D eigenvalue weighted by Gasteiger charge is 2.12. The predicted molar refractivity (Wildman–Crippen MR) is 95.8 cm³/mol. The van der Waals surface area contributed by atoms with E-state index in [0.717, 1.165) is 16.4 Å². The van der Waals surface area contributed by atoms with Crippen LogP contribution in [0.2, 0.25) is 0 Å². The lowest BCUT2D eigenvalue weighted by Gasteiger charge is -2.09. The normalized spacial score (nSPS) is 10.8. The van der Waals surface area contributed by atoms with Crippen LogP contribution in [0.4, 0.5) is 0 Å². The van der Waals surface area contributed by atoms with E-state index < -0.39 is 0 Å². The lowest BCUT2D eigenvalue weighted by molar-refractivity contribution is 0.0937. The average Bonchev–Trinajstić information content (AvgIpc) is 3.23. The van der Waals surface area contributed by atoms with Crippen LogP contribution in [-0.4, -0.2) is 35.7 Å². The van der Waals surface area contributed by atoms with Gasteiger partial charge in [-0.25, -0.2) is 4.98 Å². The second-order valence-electron chi connectivity index (χ2n) is 5.35. The van der Waals surface area contributed by atoms with E-state index in [2.05, 4.69) is 28.7 Å². The molecule has 0 radical (unpaired) electrons. The van der Waals surface area contributed by atoms with Crippen molar-refractivity contribution in [3.63, 3.8) is 0 Å². The third-order valence-corrected chi connectivity index (χ3v) is 4.72. The first-order chi connectivity index (χ1) is 11.7. The molecule has 5 nitrogen and oxygen atoms in total. The molecule has 0 aliphatic heterocycles. The molecule has 24 heavy (non-hydrogen) atoms. The van der Waals surface area contributed by atoms with E-state index in [-0.39, 0.29) is 5.91 Å². The van der Waals surface area contributed by atoms with Crippen molar-refractivity contribution in [1.29, 1.82) is 0 Å². The molecule has 0 aliphatic carbocycles. The molecule has 0 saturated heterocycles. The van der Waals surface area contributed by atoms with Gasteiger partial charge in [-0.2, -0.15) is 0 Å². The molecular formula is C18H19N3O2S. The Balaban J connectivity index is 1.81. The second-order valence-corrected chi connectivity index (χ2v) is 6.27. The number of hydrogen-bond acceptors (Lipinski definition) is 4. The van der Waals surface area contributed by atoms with Crippen molar-refractivity contribution >= 4 is 17.2 Å². The van der Waals surface area contributed by atoms with Gasteiger partial charge in [0.15, 0.2) is 5.82 Å². The fourth-order valence-corrected chi connectivity index (χ4v) is 3.34. The highest BCUT2D eigenvalue weighted by Crippen LogP contribution is 2.29. The molecule has 0 aliphatic rings. The number of amides is 1. The maximum atomic E-state index is 12.0. The molecule has 6 heteroatoms. The standard InChI is InChI=1S/C18H19N3O2S/c1-13-7-12-24-16(13)17-19-8-10-21(17)15-5-3-14(4-6-15)18(22)20-9-11-23-2/h3-8,10,12H,9,11H2,1-2H3,(H,20,22). The molecule has 0 unspecified atom stereocenters. The third-order valence-electron chi connectivity index (χ3n) is 3.71. The van der Waals surface area contributed by atoms with Gasteiger partial charge in [0, 0.05) is 37.3 Å². The highest BCUT2D eigenvalue weighted by molar-refractivity contribution is 7.13. The molecule has 1 N–H and O–H groups in total. The largest absolute Gasteiger partial charge is 0.383 e. The monoisotopic (exact) mass is 341 g/mol. The summed E-state index contributed by atoms with van der Waals surface area (Å²) in [5.74, 6) is 0.818. The van der Waals surface area contributed by atoms with Gasteiger partial charge in [0.2, 0.25) is 0 Å². The molecule has 3 aromatic rings. The van der Waals surface area contributed by atoms with Crippen LogP contribution >= 0.6 is 11.3 Å². The first-order valence-electron chi connectivity index (χ1n) is 7.66. The Labute approximate surface area is 144 Å². The molecule has 2 aromatic heterocycles. The van der Waals surface area contributed by atoms with Gasteiger partial charge in [0.05, 0.1) is 11.5 Å². The summed E-state index contributed by atoms with van der Waals surface area (Å²) in [6, 6.07) is 9.59. The number of nitrogens with one attached hydrogen (secondary N) is 1. The molecule has 2 heterocycles. The average molecular weight is 341 g/mol. The van der Waals surface area contributed by atoms with E-state index in [1.807, 2.05) is 35.0 Å². The molecule has 0 atom stereocenters. The minimum atomic E-state index is -0.0986. The smallest absolute Gasteiger partial charge is 0.251 e. The molecule has 0 spiro atoms. The van der Waals surface area contributed by atoms with Crippen LogP contribution in [0.5, 0.6) is 0 Å². The number of rotatable bonds is 6. The van der Waals surface area contributed by atoms with Crippen molar-refractivity contribution in [3.8, 4) is 16.4 Å². The number of carbonyl (C=O) groups is 1. The number of ether oxygens (including phenoxy) is 1. The third kappa shape index (κ3) is 3.39. The summed E-state index contributed by atoms with van der Waals surface area (Å²) in [5, 5.41) is 4.88. The van der Waals surface area contributed by atoms with Gasteiger partial charge < -0.3 is 10.1 Å². The van der Waals surface area contributed by atoms with Crippen molar-refractivity contribution in [2.45, 2.75) is 6.92 Å². The van der Waals surface area contributed by atoms with E-state index in [0.29, 0.717) is 18.7 Å². The van der Waals surface area contributed by atoms with Crippen molar-refractivity contribution < 1.29 is 9.53 Å². The topological polar surface area (TPSA) is 56.1 Å². The molecule has 0 saturated carbocycles. The molecule has 1 amide bonds. The lowest BCUT2D eigenvalue weighted by atomic mass is 10.2. The molecule has 3 rings (SSSR count). The van der Waals surface area contributed by atoms with Gasteiger partial charge in [-0.05, 0) is 48.2 Å². The van der Waals surface area contributed by atoms with E-state index >= 15 is 0 Å². The summed E-state index contributed by atoms with van der Waals surface area (Å²) in [6.07, 6.45) is 3.72. The number of carbonyl (C=O) groups excluding carboxylic acids is 1. The van der Waals surface area contributed by atoms with Gasteiger partial charge in [0.25, 0.3) is 5.91 Å². The van der Waals surface area contributed by atoms with E-state index in [1.54, 1.807) is 24.6 Å². The summed E-state index contributed by atoms with van der Waals surface area (Å²) in [4.78, 5) is 17.7. The van der Waals surface area contributed by atoms with Gasteiger partial charge >= 0.3 is 0 Å². The van der Waals surface area contributed by atoms with Gasteiger partial charge in [-0.15, -0.1) is 11.3 Å². The first kappa shape index (κ1) is 16.4. The van der Waals surface area contributed by atoms with Crippen LogP contribution in [0.3, 0.4) is 0 Å². The summed E-state index contributed by atoms with van der Waals surface area (Å²) in [6.45, 7) is 3.08. The van der Waals surface area contributed by atoms with Crippen LogP contribution in [-0.2, 0) is 4.74 Å². The van der Waals surface area contributed by atoms with E-state index in [9.17, 15) is 4.79 Å². The molecular weight excluding hydrogens is 322 g/mol. The van der Waals surface area contributed by atoms with Crippen LogP contribution in [0, 0.1) is 6.92 Å². The van der Waals surface area contributed by atoms with Crippen molar-refractivity contribution in [2.75, 3.05) is 20.3 Å². The van der Waals surface area contributed by atoms with Crippen LogP contribution < -0.4 is 5.32 Å². The number of methoxy groups -OCH3 is 1. The SMILES string of the molecule is COCCNC(=O)c1ccc(-n2ccnc2-c2sccc2C)cc1. The molecule has 124 valence electrons. The number of thiophene rings is 1. The Morgan fingerprint density at radius 1 is 1.29 bits per heavy atom. The van der Waals surface area contributed by atoms with E-state index in [4.69, 9.17) is 4.74 Å². The van der Waals surface area contributed by atoms with Crippen molar-refractivity contribution in [1.82, 2.24) is 14.9 Å². The molecule has 0 bridgehead atoms. The summed E-state index contributed by atoms with van der Waals surface area (Å²) in [7, 11) is 1.61. The van der Waals surface area contributed by atoms with Crippen LogP contribution in [0.25, 0.3) is 16.4 Å². The minimum absolute atomic E-state index is 0.0986. The zero-order valence-corrected chi connectivity index (χ0v) is 14.5. The van der Waals surface area contributed by atoms with Crippen LogP contribution in [0.1, 0.15) is 15.9 Å². The number of aryl methyl sites for hydroxylation is 1. The Bertz CT molecular complexity index is 821. The fraction of sp³-hybridized carbons (Fsp3) is 0.222. The maximum absolute atomic E-state index is 12.0. The number of hydrogen-bond donors (Lipinski definition) is 1. The summed E-state index contributed by atoms with van der Waals surface area (Å²) >= 11 is 1.68. The van der Waals surface area contributed by atoms with E-state index in [1.165, 1.54) is 5.56 Å². The van der Waals surface area contributed by atoms with Gasteiger partial charge in [-0.1, -0.05) is 0 Å². The molecule has 1 aromatic carbocycles. The molecule has 0 fully saturated rings. The van der Waals surface area contributed by atoms with Crippen molar-refractivity contribution in [3.05, 3.63) is 59.2 Å². The Morgan fingerprint density at radius 3 is 2.75 bits per heavy atom. The Hall–Kier alpha value is -2.44. The van der Waals surface area contributed by atoms with Crippen molar-refractivity contribution in [2.24, 2.45) is 0 Å². The fourth-order valence-electron chi connectivity index (χ4n) is 2.42. The number of nitrogens with zero attached hydrogens (tertiary/aromatic N) is 2. The Kier molecular flexibility index (Phi) is 5.08. The highest BCUT2D eigenvalue weighted by atomic mass is 32.1. The van der Waals surface area contributed by atoms with Gasteiger partial charge in [0.1, 0.15) is 0 Å². The number of benzene rings is 1. The predicted octanol–water partition coefficient (Wildman–Crippen LogP) is 3.29. The summed E-state index contributed by atoms with van der Waals surface area (Å²) in [5.41, 5.74) is 2.81. The van der Waals surface area contributed by atoms with Gasteiger partial charge in [-0.3, -0.25) is 9.36 Å². The number of aromatic nitrogens is 2. The maximum Gasteiger partial charge on any atom is 0.251 e. The zero-order valence-electron chi connectivity index (χ0n) is 13.7.